The average Bonchev–Trinajstić information content (AvgIpc) is 3.31. The van der Waals surface area contributed by atoms with Gasteiger partial charge in [-0.05, 0) is 31.4 Å². The number of hydrogen-bond acceptors (Lipinski definition) is 4. The maximum Gasteiger partial charge on any atom is 0.274 e. The third kappa shape index (κ3) is 2.81. The van der Waals surface area contributed by atoms with Gasteiger partial charge in [0.1, 0.15) is 22.8 Å². The molecule has 1 amide bonds. The molecule has 4 rings (SSSR count). The van der Waals surface area contributed by atoms with Gasteiger partial charge < -0.3 is 13.8 Å². The molecule has 4 heterocycles. The highest BCUT2D eigenvalue weighted by atomic mass is 16.5. The molecule has 130 valence electrons. The highest BCUT2D eigenvalue weighted by molar-refractivity contribution is 5.93. The maximum absolute atomic E-state index is 13.0. The normalized spacial score (nSPS) is 17.8. The molecule has 0 N–H and O–H groups in total. The molecule has 6 heteroatoms. The number of amides is 1. The molecule has 1 atom stereocenters. The van der Waals surface area contributed by atoms with Crippen LogP contribution >= 0.6 is 0 Å². The predicted octanol–water partition coefficient (Wildman–Crippen LogP) is 3.73. The van der Waals surface area contributed by atoms with Gasteiger partial charge in [-0.15, -0.1) is 0 Å². The molecule has 0 saturated carbocycles. The van der Waals surface area contributed by atoms with E-state index in [4.69, 9.17) is 4.52 Å². The Morgan fingerprint density at radius 1 is 1.32 bits per heavy atom. The topological polar surface area (TPSA) is 63.6 Å². The monoisotopic (exact) mass is 338 g/mol. The molecule has 25 heavy (non-hydrogen) atoms. The smallest absolute Gasteiger partial charge is 0.274 e. The van der Waals surface area contributed by atoms with Crippen LogP contribution in [0.25, 0.3) is 5.65 Å². The Kier molecular flexibility index (Phi) is 3.82. The summed E-state index contributed by atoms with van der Waals surface area (Å²) in [5.74, 6) is 1.10. The molecule has 1 unspecified atom stereocenters. The van der Waals surface area contributed by atoms with E-state index in [2.05, 4.69) is 24.0 Å². The third-order valence-corrected chi connectivity index (χ3v) is 4.79. The van der Waals surface area contributed by atoms with E-state index in [1.54, 1.807) is 0 Å². The number of carbonyl (C=O) groups is 1. The number of likely N-dealkylation sites (tertiary alicyclic amines) is 1. The van der Waals surface area contributed by atoms with Crippen LogP contribution in [0.15, 0.2) is 35.1 Å². The van der Waals surface area contributed by atoms with Crippen molar-refractivity contribution in [2.45, 2.75) is 45.6 Å². The van der Waals surface area contributed by atoms with Crippen LogP contribution in [0.2, 0.25) is 0 Å². The van der Waals surface area contributed by atoms with Crippen molar-refractivity contribution in [3.63, 3.8) is 0 Å². The van der Waals surface area contributed by atoms with Crippen molar-refractivity contribution in [3.05, 3.63) is 53.3 Å². The molecule has 1 aliphatic heterocycles. The lowest BCUT2D eigenvalue weighted by molar-refractivity contribution is 0.0725. The van der Waals surface area contributed by atoms with Gasteiger partial charge in [0.15, 0.2) is 0 Å². The lowest BCUT2D eigenvalue weighted by atomic mass is 10.1. The fourth-order valence-electron chi connectivity index (χ4n) is 3.40. The van der Waals surface area contributed by atoms with Gasteiger partial charge in [0, 0.05) is 30.9 Å². The van der Waals surface area contributed by atoms with E-state index in [0.717, 1.165) is 42.1 Å². The maximum atomic E-state index is 13.0. The number of aryl methyl sites for hydroxylation is 1. The van der Waals surface area contributed by atoms with Gasteiger partial charge in [0.25, 0.3) is 5.91 Å². The van der Waals surface area contributed by atoms with Crippen LogP contribution < -0.4 is 0 Å². The van der Waals surface area contributed by atoms with Crippen LogP contribution in [0.4, 0.5) is 0 Å². The molecule has 0 spiro atoms. The Bertz CT molecular complexity index is 925. The Morgan fingerprint density at radius 2 is 2.16 bits per heavy atom. The van der Waals surface area contributed by atoms with Crippen molar-refractivity contribution in [1.82, 2.24) is 19.4 Å². The standard InChI is InChI=1S/C19H22N4O2/c1-12(2)17-9-14(21-25-17)16-5-4-8-23(16)19(24)15-11-22-10-13(3)6-7-18(22)20-15/h6-7,9-12,16H,4-5,8H2,1-3H3. The first kappa shape index (κ1) is 15.9. The van der Waals surface area contributed by atoms with Crippen LogP contribution in [-0.2, 0) is 0 Å². The molecule has 1 fully saturated rings. The second-order valence-electron chi connectivity index (χ2n) is 7.06. The van der Waals surface area contributed by atoms with E-state index in [1.807, 2.05) is 46.8 Å². The second kappa shape index (κ2) is 6.02. The minimum absolute atomic E-state index is 0.0321. The summed E-state index contributed by atoms with van der Waals surface area (Å²) in [6.45, 7) is 6.88. The number of pyridine rings is 1. The van der Waals surface area contributed by atoms with Gasteiger partial charge in [0.05, 0.1) is 6.04 Å². The summed E-state index contributed by atoms with van der Waals surface area (Å²) in [4.78, 5) is 19.4. The predicted molar refractivity (Wildman–Crippen MR) is 93.5 cm³/mol. The molecule has 3 aromatic heterocycles. The van der Waals surface area contributed by atoms with Crippen molar-refractivity contribution < 1.29 is 9.32 Å². The summed E-state index contributed by atoms with van der Waals surface area (Å²) >= 11 is 0. The molecule has 6 nitrogen and oxygen atoms in total. The zero-order valence-electron chi connectivity index (χ0n) is 14.8. The van der Waals surface area contributed by atoms with Crippen molar-refractivity contribution in [2.75, 3.05) is 6.54 Å². The van der Waals surface area contributed by atoms with Crippen LogP contribution in [0, 0.1) is 6.92 Å². The largest absolute Gasteiger partial charge is 0.361 e. The van der Waals surface area contributed by atoms with E-state index in [1.165, 1.54) is 0 Å². The number of nitrogens with zero attached hydrogens (tertiary/aromatic N) is 4. The summed E-state index contributed by atoms with van der Waals surface area (Å²) in [6.07, 6.45) is 5.66. The number of imidazole rings is 1. The van der Waals surface area contributed by atoms with Crippen LogP contribution in [-0.4, -0.2) is 31.9 Å². The molecule has 0 radical (unpaired) electrons. The Labute approximate surface area is 146 Å². The molecule has 1 aliphatic rings. The lowest BCUT2D eigenvalue weighted by Gasteiger charge is -2.21. The average molecular weight is 338 g/mol. The van der Waals surface area contributed by atoms with Crippen LogP contribution in [0.5, 0.6) is 0 Å². The first-order valence-corrected chi connectivity index (χ1v) is 8.76. The number of carbonyl (C=O) groups excluding carboxylic acids is 1. The van der Waals surface area contributed by atoms with E-state index >= 15 is 0 Å². The first-order valence-electron chi connectivity index (χ1n) is 8.76. The first-order chi connectivity index (χ1) is 12.0. The minimum atomic E-state index is -0.0436. The molecule has 0 bridgehead atoms. The fraction of sp³-hybridized carbons (Fsp3) is 0.421. The Hall–Kier alpha value is -2.63. The van der Waals surface area contributed by atoms with Gasteiger partial charge in [0.2, 0.25) is 0 Å². The van der Waals surface area contributed by atoms with Gasteiger partial charge in [-0.25, -0.2) is 4.98 Å². The molecule has 0 aromatic carbocycles. The fourth-order valence-corrected chi connectivity index (χ4v) is 3.40. The van der Waals surface area contributed by atoms with Crippen molar-refractivity contribution in [1.29, 1.82) is 0 Å². The van der Waals surface area contributed by atoms with E-state index in [9.17, 15) is 4.79 Å². The summed E-state index contributed by atoms with van der Waals surface area (Å²) in [7, 11) is 0. The van der Waals surface area contributed by atoms with Crippen molar-refractivity contribution in [3.8, 4) is 0 Å². The zero-order chi connectivity index (χ0) is 17.6. The third-order valence-electron chi connectivity index (χ3n) is 4.79. The summed E-state index contributed by atoms with van der Waals surface area (Å²) < 4.78 is 7.33. The molecule has 0 aliphatic carbocycles. The Balaban J connectivity index is 1.62. The molecule has 1 saturated heterocycles. The summed E-state index contributed by atoms with van der Waals surface area (Å²) in [6, 6.07) is 5.88. The molecular weight excluding hydrogens is 316 g/mol. The van der Waals surface area contributed by atoms with E-state index in [-0.39, 0.29) is 17.9 Å². The van der Waals surface area contributed by atoms with Gasteiger partial charge in [-0.1, -0.05) is 25.1 Å². The second-order valence-corrected chi connectivity index (χ2v) is 7.06. The summed E-state index contributed by atoms with van der Waals surface area (Å²) in [5, 5.41) is 4.21. The number of rotatable bonds is 3. The highest BCUT2D eigenvalue weighted by Gasteiger charge is 2.34. The SMILES string of the molecule is Cc1ccc2nc(C(=O)N3CCCC3c3cc(C(C)C)on3)cn2c1. The van der Waals surface area contributed by atoms with E-state index in [0.29, 0.717) is 5.69 Å². The van der Waals surface area contributed by atoms with Gasteiger partial charge >= 0.3 is 0 Å². The molecule has 3 aromatic rings. The zero-order valence-corrected chi connectivity index (χ0v) is 14.8. The highest BCUT2D eigenvalue weighted by Crippen LogP contribution is 2.33. The van der Waals surface area contributed by atoms with Gasteiger partial charge in [-0.2, -0.15) is 0 Å². The van der Waals surface area contributed by atoms with Crippen LogP contribution in [0.1, 0.15) is 66.2 Å². The van der Waals surface area contributed by atoms with Crippen LogP contribution in [0.3, 0.4) is 0 Å². The minimum Gasteiger partial charge on any atom is -0.361 e. The summed E-state index contributed by atoms with van der Waals surface area (Å²) in [5.41, 5.74) is 3.24. The molecular formula is C19H22N4O2. The number of fused-ring (bicyclic) bond motifs is 1. The number of aromatic nitrogens is 3. The Morgan fingerprint density at radius 3 is 2.92 bits per heavy atom. The number of hydrogen-bond donors (Lipinski definition) is 0. The van der Waals surface area contributed by atoms with Crippen molar-refractivity contribution in [2.24, 2.45) is 0 Å². The van der Waals surface area contributed by atoms with Gasteiger partial charge in [-0.3, -0.25) is 4.79 Å². The van der Waals surface area contributed by atoms with Crippen molar-refractivity contribution >= 4 is 11.6 Å². The quantitative estimate of drug-likeness (QED) is 0.730. The lowest BCUT2D eigenvalue weighted by Crippen LogP contribution is -2.31. The van der Waals surface area contributed by atoms with E-state index < -0.39 is 0 Å².